The number of fused-ring (bicyclic) bond motifs is 1. The Morgan fingerprint density at radius 3 is 2.52 bits per heavy atom. The first-order valence-corrected chi connectivity index (χ1v) is 6.83. The van der Waals surface area contributed by atoms with Crippen molar-refractivity contribution in [3.8, 4) is 0 Å². The molecule has 118 valence electrons. The number of aromatic amines is 1. The summed E-state index contributed by atoms with van der Waals surface area (Å²) in [5.74, 6) is -0.256. The minimum absolute atomic E-state index is 0.0898. The van der Waals surface area contributed by atoms with Gasteiger partial charge in [-0.25, -0.2) is 0 Å². The number of amides is 1. The number of carbonyl (C=O) groups is 1. The molecule has 0 radical (unpaired) electrons. The zero-order chi connectivity index (χ0) is 16.4. The van der Waals surface area contributed by atoms with Gasteiger partial charge in [0.25, 0.3) is 0 Å². The van der Waals surface area contributed by atoms with Crippen LogP contribution < -0.4 is 5.32 Å². The Balaban J connectivity index is 1.85. The van der Waals surface area contributed by atoms with Crippen molar-refractivity contribution in [2.75, 3.05) is 5.32 Å². The number of carbonyl (C=O) groups excluding carboxylic acids is 1. The zero-order valence-electron chi connectivity index (χ0n) is 11.8. The number of aromatic nitrogens is 2. The molecule has 0 bridgehead atoms. The second-order valence-electron chi connectivity index (χ2n) is 5.01. The summed E-state index contributed by atoms with van der Waals surface area (Å²) in [6.07, 6.45) is -4.37. The lowest BCUT2D eigenvalue weighted by Gasteiger charge is -2.07. The summed E-state index contributed by atoms with van der Waals surface area (Å²) in [5, 5.41) is 8.91. The van der Waals surface area contributed by atoms with E-state index in [2.05, 4.69) is 15.5 Å². The lowest BCUT2D eigenvalue weighted by Crippen LogP contribution is -2.14. The van der Waals surface area contributed by atoms with E-state index in [1.165, 1.54) is 12.1 Å². The molecule has 1 amide bonds. The molecular weight excluding hydrogens is 307 g/mol. The highest BCUT2D eigenvalue weighted by atomic mass is 19.4. The van der Waals surface area contributed by atoms with Crippen molar-refractivity contribution in [3.63, 3.8) is 0 Å². The van der Waals surface area contributed by atoms with Gasteiger partial charge in [0.1, 0.15) is 0 Å². The van der Waals surface area contributed by atoms with Crippen molar-refractivity contribution in [1.29, 1.82) is 0 Å². The standard InChI is InChI=1S/C16H12F3N3O/c17-16(18,19)12-8-4-7-11-14(12)21-22-15(11)20-13(23)9-10-5-2-1-3-6-10/h1-8H,9H2,(H2,20,21,22,23). The normalized spacial score (nSPS) is 11.6. The molecule has 0 aliphatic carbocycles. The molecule has 0 unspecified atom stereocenters. The zero-order valence-corrected chi connectivity index (χ0v) is 11.8. The van der Waals surface area contributed by atoms with E-state index in [0.29, 0.717) is 0 Å². The van der Waals surface area contributed by atoms with Crippen LogP contribution >= 0.6 is 0 Å². The maximum Gasteiger partial charge on any atom is 0.418 e. The Morgan fingerprint density at radius 2 is 1.83 bits per heavy atom. The van der Waals surface area contributed by atoms with Gasteiger partial charge in [-0.3, -0.25) is 9.89 Å². The monoisotopic (exact) mass is 319 g/mol. The van der Waals surface area contributed by atoms with Crippen LogP contribution in [0.4, 0.5) is 19.0 Å². The third-order valence-corrected chi connectivity index (χ3v) is 3.37. The molecule has 2 N–H and O–H groups in total. The molecule has 0 saturated carbocycles. The number of benzene rings is 2. The van der Waals surface area contributed by atoms with Crippen LogP contribution in [0.1, 0.15) is 11.1 Å². The Kier molecular flexibility index (Phi) is 3.77. The first-order chi connectivity index (χ1) is 10.9. The van der Waals surface area contributed by atoms with Gasteiger partial charge in [0.2, 0.25) is 5.91 Å². The molecule has 7 heteroatoms. The number of H-pyrrole nitrogens is 1. The topological polar surface area (TPSA) is 57.8 Å². The number of halogens is 3. The molecule has 2 aromatic carbocycles. The van der Waals surface area contributed by atoms with Crippen LogP contribution in [-0.2, 0) is 17.4 Å². The Hall–Kier alpha value is -2.83. The minimum Gasteiger partial charge on any atom is -0.308 e. The molecule has 0 saturated heterocycles. The van der Waals surface area contributed by atoms with Crippen LogP contribution in [0.3, 0.4) is 0 Å². The van der Waals surface area contributed by atoms with E-state index in [-0.39, 0.29) is 29.0 Å². The molecule has 0 fully saturated rings. The fourth-order valence-corrected chi connectivity index (χ4v) is 2.33. The van der Waals surface area contributed by atoms with Crippen molar-refractivity contribution in [2.45, 2.75) is 12.6 Å². The van der Waals surface area contributed by atoms with E-state index in [0.717, 1.165) is 11.6 Å². The number of hydrogen-bond acceptors (Lipinski definition) is 2. The highest BCUT2D eigenvalue weighted by Crippen LogP contribution is 2.35. The first kappa shape index (κ1) is 15.1. The first-order valence-electron chi connectivity index (χ1n) is 6.83. The van der Waals surface area contributed by atoms with Gasteiger partial charge in [0.05, 0.1) is 17.5 Å². The maximum absolute atomic E-state index is 12.9. The highest BCUT2D eigenvalue weighted by molar-refractivity contribution is 6.01. The number of rotatable bonds is 3. The average molecular weight is 319 g/mol. The lowest BCUT2D eigenvalue weighted by atomic mass is 10.1. The predicted octanol–water partition coefficient (Wildman–Crippen LogP) is 3.76. The minimum atomic E-state index is -4.49. The summed E-state index contributed by atoms with van der Waals surface area (Å²) < 4.78 is 38.8. The number of nitrogens with one attached hydrogen (secondary N) is 2. The number of hydrogen-bond donors (Lipinski definition) is 2. The third-order valence-electron chi connectivity index (χ3n) is 3.37. The van der Waals surface area contributed by atoms with E-state index in [9.17, 15) is 18.0 Å². The molecule has 23 heavy (non-hydrogen) atoms. The van der Waals surface area contributed by atoms with E-state index in [4.69, 9.17) is 0 Å². The maximum atomic E-state index is 12.9. The van der Waals surface area contributed by atoms with E-state index in [1.54, 1.807) is 12.1 Å². The molecule has 3 aromatic rings. The van der Waals surface area contributed by atoms with Gasteiger partial charge in [0, 0.05) is 5.39 Å². The lowest BCUT2D eigenvalue weighted by molar-refractivity contribution is -0.136. The molecular formula is C16H12F3N3O. The quantitative estimate of drug-likeness (QED) is 0.772. The summed E-state index contributed by atoms with van der Waals surface area (Å²) in [5.41, 5.74) is -0.151. The molecule has 0 spiro atoms. The van der Waals surface area contributed by atoms with E-state index < -0.39 is 11.7 Å². The predicted molar refractivity (Wildman–Crippen MR) is 79.9 cm³/mol. The van der Waals surface area contributed by atoms with Crippen LogP contribution in [0.5, 0.6) is 0 Å². The van der Waals surface area contributed by atoms with Crippen LogP contribution in [-0.4, -0.2) is 16.1 Å². The fourth-order valence-electron chi connectivity index (χ4n) is 2.33. The van der Waals surface area contributed by atoms with Crippen LogP contribution in [0, 0.1) is 0 Å². The summed E-state index contributed by atoms with van der Waals surface area (Å²) in [7, 11) is 0. The molecule has 0 aliphatic heterocycles. The summed E-state index contributed by atoms with van der Waals surface area (Å²) in [4.78, 5) is 12.0. The molecule has 1 heterocycles. The van der Waals surface area contributed by atoms with Crippen molar-refractivity contribution in [2.24, 2.45) is 0 Å². The largest absolute Gasteiger partial charge is 0.418 e. The van der Waals surface area contributed by atoms with Crippen LogP contribution in [0.2, 0.25) is 0 Å². The van der Waals surface area contributed by atoms with Gasteiger partial charge in [-0.05, 0) is 17.7 Å². The summed E-state index contributed by atoms with van der Waals surface area (Å²) in [6.45, 7) is 0. The van der Waals surface area contributed by atoms with E-state index in [1.807, 2.05) is 18.2 Å². The molecule has 1 aromatic heterocycles. The molecule has 4 nitrogen and oxygen atoms in total. The third kappa shape index (κ3) is 3.18. The van der Waals surface area contributed by atoms with Gasteiger partial charge in [0.15, 0.2) is 5.82 Å². The van der Waals surface area contributed by atoms with E-state index >= 15 is 0 Å². The van der Waals surface area contributed by atoms with Crippen LogP contribution in [0.15, 0.2) is 48.5 Å². The van der Waals surface area contributed by atoms with Gasteiger partial charge in [-0.2, -0.15) is 18.3 Å². The molecule has 3 rings (SSSR count). The van der Waals surface area contributed by atoms with Gasteiger partial charge >= 0.3 is 6.18 Å². The second kappa shape index (κ2) is 5.75. The van der Waals surface area contributed by atoms with Gasteiger partial charge < -0.3 is 5.32 Å². The smallest absolute Gasteiger partial charge is 0.308 e. The Bertz CT molecular complexity index is 841. The number of nitrogens with zero attached hydrogens (tertiary/aromatic N) is 1. The SMILES string of the molecule is O=C(Cc1ccccc1)Nc1n[nH]c2c(C(F)(F)F)cccc12. The molecule has 0 aliphatic rings. The Labute approximate surface area is 129 Å². The van der Waals surface area contributed by atoms with Crippen molar-refractivity contribution in [3.05, 3.63) is 59.7 Å². The Morgan fingerprint density at radius 1 is 1.09 bits per heavy atom. The summed E-state index contributed by atoms with van der Waals surface area (Å²) >= 11 is 0. The van der Waals surface area contributed by atoms with Crippen molar-refractivity contribution in [1.82, 2.24) is 10.2 Å². The number of para-hydroxylation sites is 1. The van der Waals surface area contributed by atoms with Crippen molar-refractivity contribution < 1.29 is 18.0 Å². The highest BCUT2D eigenvalue weighted by Gasteiger charge is 2.33. The summed E-state index contributed by atoms with van der Waals surface area (Å²) in [6, 6.07) is 12.8. The fraction of sp³-hybridized carbons (Fsp3) is 0.125. The average Bonchev–Trinajstić information content (AvgIpc) is 2.90. The van der Waals surface area contributed by atoms with Gasteiger partial charge in [-0.15, -0.1) is 0 Å². The number of alkyl halides is 3. The molecule has 0 atom stereocenters. The van der Waals surface area contributed by atoms with Crippen molar-refractivity contribution >= 4 is 22.6 Å². The number of anilines is 1. The second-order valence-corrected chi connectivity index (χ2v) is 5.01. The van der Waals surface area contributed by atoms with Crippen LogP contribution in [0.25, 0.3) is 10.9 Å². The van der Waals surface area contributed by atoms with Gasteiger partial charge in [-0.1, -0.05) is 36.4 Å².